The number of hydrazone groups is 1. The van der Waals surface area contributed by atoms with Crippen molar-refractivity contribution in [3.05, 3.63) is 68.6 Å². The van der Waals surface area contributed by atoms with E-state index in [0.29, 0.717) is 38.3 Å². The van der Waals surface area contributed by atoms with Crippen LogP contribution in [0.15, 0.2) is 52.0 Å². The first-order valence-electron chi connectivity index (χ1n) is 8.58. The second-order valence-corrected chi connectivity index (χ2v) is 7.86. The molecule has 1 amide bonds. The number of nitrogens with one attached hydrogen (secondary N) is 1. The van der Waals surface area contributed by atoms with Gasteiger partial charge in [-0.15, -0.1) is 0 Å². The minimum Gasteiger partial charge on any atom is -0.493 e. The number of ether oxygens (including phenoxy) is 2. The number of amides is 1. The number of anilines is 1. The Bertz CT molecular complexity index is 1040. The molecule has 0 fully saturated rings. The van der Waals surface area contributed by atoms with Crippen LogP contribution in [0.1, 0.15) is 26.5 Å². The second kappa shape index (κ2) is 9.53. The minimum atomic E-state index is -0.359. The van der Waals surface area contributed by atoms with E-state index in [2.05, 4.69) is 31.4 Å². The van der Waals surface area contributed by atoms with Gasteiger partial charge in [0.05, 0.1) is 23.5 Å². The zero-order valence-corrected chi connectivity index (χ0v) is 18.2. The van der Waals surface area contributed by atoms with E-state index in [-0.39, 0.29) is 5.91 Å². The number of aromatic nitrogens is 1. The number of thiazole rings is 1. The number of hydrogen-bond acceptors (Lipinski definition) is 7. The van der Waals surface area contributed by atoms with Gasteiger partial charge >= 0.3 is 0 Å². The van der Waals surface area contributed by atoms with Gasteiger partial charge in [0.15, 0.2) is 16.6 Å². The van der Waals surface area contributed by atoms with E-state index < -0.39 is 0 Å². The average molecular weight is 475 g/mol. The van der Waals surface area contributed by atoms with Gasteiger partial charge in [0.1, 0.15) is 11.5 Å². The van der Waals surface area contributed by atoms with Crippen LogP contribution >= 0.6 is 27.3 Å². The average Bonchev–Trinajstić information content (AvgIpc) is 3.05. The van der Waals surface area contributed by atoms with Crippen molar-refractivity contribution in [1.29, 1.82) is 0 Å². The molecular weight excluding hydrogens is 456 g/mol. The van der Waals surface area contributed by atoms with E-state index in [0.717, 1.165) is 22.5 Å². The van der Waals surface area contributed by atoms with E-state index in [1.807, 2.05) is 36.4 Å². The topological polar surface area (TPSA) is 98.8 Å². The van der Waals surface area contributed by atoms with Crippen LogP contribution in [0.2, 0.25) is 0 Å². The smallest absolute Gasteiger partial charge is 0.283 e. The Hall–Kier alpha value is -2.91. The lowest BCUT2D eigenvalue weighted by atomic mass is 10.2. The van der Waals surface area contributed by atoms with Crippen LogP contribution in [0.4, 0.5) is 5.13 Å². The molecule has 0 aliphatic rings. The van der Waals surface area contributed by atoms with E-state index >= 15 is 0 Å². The van der Waals surface area contributed by atoms with Gasteiger partial charge in [-0.25, -0.2) is 10.4 Å². The van der Waals surface area contributed by atoms with Gasteiger partial charge in [0.25, 0.3) is 5.91 Å². The van der Waals surface area contributed by atoms with Crippen molar-refractivity contribution in [2.75, 3.05) is 12.8 Å². The quantitative estimate of drug-likeness (QED) is 0.395. The highest BCUT2D eigenvalue weighted by atomic mass is 79.9. The zero-order chi connectivity index (χ0) is 20.8. The van der Waals surface area contributed by atoms with Gasteiger partial charge in [-0.2, -0.15) is 5.10 Å². The number of benzene rings is 2. The Morgan fingerprint density at radius 3 is 2.76 bits per heavy atom. The summed E-state index contributed by atoms with van der Waals surface area (Å²) in [4.78, 5) is 16.6. The number of methoxy groups -OCH3 is 1. The third kappa shape index (κ3) is 5.33. The molecule has 150 valence electrons. The first kappa shape index (κ1) is 20.8. The molecule has 3 aromatic rings. The number of halogens is 1. The number of carbonyl (C=O) groups excluding carboxylic acids is 1. The maximum Gasteiger partial charge on any atom is 0.283 e. The third-order valence-corrected chi connectivity index (χ3v) is 5.45. The number of hydrogen-bond donors (Lipinski definition) is 2. The van der Waals surface area contributed by atoms with E-state index in [9.17, 15) is 4.79 Å². The Kier molecular flexibility index (Phi) is 6.84. The lowest BCUT2D eigenvalue weighted by Crippen LogP contribution is -2.17. The number of nitrogens with zero attached hydrogens (tertiary/aromatic N) is 2. The summed E-state index contributed by atoms with van der Waals surface area (Å²) in [5.74, 6) is 0.782. The zero-order valence-electron chi connectivity index (χ0n) is 15.8. The van der Waals surface area contributed by atoms with Crippen molar-refractivity contribution in [1.82, 2.24) is 10.4 Å². The summed E-state index contributed by atoms with van der Waals surface area (Å²) in [7, 11) is 1.57. The largest absolute Gasteiger partial charge is 0.493 e. The molecule has 1 aromatic heterocycles. The fraction of sp³-hybridized carbons (Fsp3) is 0.150. The summed E-state index contributed by atoms with van der Waals surface area (Å²) < 4.78 is 12.1. The molecule has 0 aliphatic heterocycles. The monoisotopic (exact) mass is 474 g/mol. The predicted octanol–water partition coefficient (Wildman–Crippen LogP) is 4.15. The Morgan fingerprint density at radius 2 is 2.10 bits per heavy atom. The predicted molar refractivity (Wildman–Crippen MR) is 118 cm³/mol. The number of nitrogen functional groups attached to an aromatic ring is 1. The van der Waals surface area contributed by atoms with Crippen molar-refractivity contribution in [2.45, 2.75) is 13.5 Å². The van der Waals surface area contributed by atoms with Crippen LogP contribution < -0.4 is 20.6 Å². The fourth-order valence-electron chi connectivity index (χ4n) is 2.53. The third-order valence-electron chi connectivity index (χ3n) is 3.88. The lowest BCUT2D eigenvalue weighted by molar-refractivity contribution is 0.0958. The Balaban J connectivity index is 1.70. The molecule has 3 rings (SSSR count). The van der Waals surface area contributed by atoms with Gasteiger partial charge < -0.3 is 15.2 Å². The normalized spacial score (nSPS) is 10.9. The van der Waals surface area contributed by atoms with Gasteiger partial charge in [0.2, 0.25) is 0 Å². The fourth-order valence-corrected chi connectivity index (χ4v) is 3.83. The highest BCUT2D eigenvalue weighted by Gasteiger charge is 2.14. The number of rotatable bonds is 7. The molecule has 0 radical (unpaired) electrons. The molecule has 0 atom stereocenters. The summed E-state index contributed by atoms with van der Waals surface area (Å²) >= 11 is 4.63. The molecule has 0 unspecified atom stereocenters. The van der Waals surface area contributed by atoms with Crippen LogP contribution in [0.3, 0.4) is 0 Å². The van der Waals surface area contributed by atoms with Crippen LogP contribution in [0, 0.1) is 6.92 Å². The van der Waals surface area contributed by atoms with Crippen LogP contribution in [-0.4, -0.2) is 24.2 Å². The molecule has 0 saturated carbocycles. The molecule has 0 bridgehead atoms. The van der Waals surface area contributed by atoms with E-state index in [1.165, 1.54) is 6.21 Å². The molecule has 7 nitrogen and oxygen atoms in total. The molecule has 0 saturated heterocycles. The number of carbonyl (C=O) groups is 1. The van der Waals surface area contributed by atoms with Crippen molar-refractivity contribution in [3.63, 3.8) is 0 Å². The number of nitrogens with two attached hydrogens (primary N) is 1. The molecule has 0 spiro atoms. The summed E-state index contributed by atoms with van der Waals surface area (Å²) in [5, 5.41) is 4.35. The van der Waals surface area contributed by atoms with Crippen molar-refractivity contribution in [3.8, 4) is 11.5 Å². The van der Waals surface area contributed by atoms with Gasteiger partial charge in [-0.05, 0) is 46.1 Å². The molecule has 1 heterocycles. The van der Waals surface area contributed by atoms with Gasteiger partial charge in [-0.1, -0.05) is 41.7 Å². The van der Waals surface area contributed by atoms with E-state index in [4.69, 9.17) is 15.2 Å². The summed E-state index contributed by atoms with van der Waals surface area (Å²) in [5.41, 5.74) is 10.4. The second-order valence-electron chi connectivity index (χ2n) is 5.97. The molecule has 29 heavy (non-hydrogen) atoms. The summed E-state index contributed by atoms with van der Waals surface area (Å²) in [6.45, 7) is 2.14. The van der Waals surface area contributed by atoms with Crippen molar-refractivity contribution in [2.24, 2.45) is 5.10 Å². The van der Waals surface area contributed by atoms with E-state index in [1.54, 1.807) is 20.1 Å². The maximum atomic E-state index is 12.2. The number of aryl methyl sites for hydroxylation is 1. The molecule has 0 aliphatic carbocycles. The Labute approximate surface area is 180 Å². The highest BCUT2D eigenvalue weighted by molar-refractivity contribution is 9.10. The van der Waals surface area contributed by atoms with Crippen LogP contribution in [-0.2, 0) is 6.61 Å². The standard InChI is InChI=1S/C20H19BrN4O3S/c1-12-18(29-20(22)24-12)19(26)25-23-10-14-8-15(21)17(16(9-14)27-2)28-11-13-6-4-3-5-7-13/h3-10H,11H2,1-2H3,(H2,22,24)(H,25,26)/b23-10-. The van der Waals surface area contributed by atoms with Crippen molar-refractivity contribution < 1.29 is 14.3 Å². The summed E-state index contributed by atoms with van der Waals surface area (Å²) in [6.07, 6.45) is 1.52. The van der Waals surface area contributed by atoms with Crippen LogP contribution in [0.25, 0.3) is 0 Å². The van der Waals surface area contributed by atoms with Gasteiger partial charge in [0, 0.05) is 0 Å². The lowest BCUT2D eigenvalue weighted by Gasteiger charge is -2.13. The SMILES string of the molecule is COc1cc(/C=N\NC(=O)c2sc(N)nc2C)cc(Br)c1OCc1ccccc1. The molecule has 2 aromatic carbocycles. The minimum absolute atomic E-state index is 0.344. The summed E-state index contributed by atoms with van der Waals surface area (Å²) in [6, 6.07) is 13.5. The molecule has 3 N–H and O–H groups in total. The Morgan fingerprint density at radius 1 is 1.34 bits per heavy atom. The molecular formula is C20H19BrN4O3S. The first-order valence-corrected chi connectivity index (χ1v) is 10.2. The molecule has 9 heteroatoms. The van der Waals surface area contributed by atoms with Crippen molar-refractivity contribution >= 4 is 44.5 Å². The highest BCUT2D eigenvalue weighted by Crippen LogP contribution is 2.36. The van der Waals surface area contributed by atoms with Gasteiger partial charge in [-0.3, -0.25) is 4.79 Å². The maximum absolute atomic E-state index is 12.2. The van der Waals surface area contributed by atoms with Crippen LogP contribution in [0.5, 0.6) is 11.5 Å². The first-order chi connectivity index (χ1) is 14.0.